The number of carbonyl (C=O) groups is 1. The molecular weight excluding hydrogens is 388 g/mol. The van der Waals surface area contributed by atoms with E-state index in [1.165, 1.54) is 11.1 Å². The highest BCUT2D eigenvalue weighted by Gasteiger charge is 2.65. The lowest BCUT2D eigenvalue weighted by Crippen LogP contribution is -2.58. The molecule has 1 saturated carbocycles. The molecule has 1 spiro atoms. The van der Waals surface area contributed by atoms with Gasteiger partial charge in [0.1, 0.15) is 0 Å². The molecule has 5 heteroatoms. The van der Waals surface area contributed by atoms with Crippen LogP contribution in [0.25, 0.3) is 0 Å². The van der Waals surface area contributed by atoms with E-state index >= 15 is 0 Å². The van der Waals surface area contributed by atoms with Crippen LogP contribution in [0.2, 0.25) is 0 Å². The molecule has 2 saturated heterocycles. The van der Waals surface area contributed by atoms with Gasteiger partial charge in [0.2, 0.25) is 0 Å². The maximum absolute atomic E-state index is 12.8. The van der Waals surface area contributed by atoms with Crippen LogP contribution in [0.1, 0.15) is 37.3 Å². The van der Waals surface area contributed by atoms with Crippen molar-refractivity contribution in [3.05, 3.63) is 71.8 Å². The van der Waals surface area contributed by atoms with Crippen LogP contribution in [0.4, 0.5) is 0 Å². The van der Waals surface area contributed by atoms with Crippen molar-refractivity contribution >= 4 is 5.97 Å². The van der Waals surface area contributed by atoms with Crippen molar-refractivity contribution in [1.82, 2.24) is 9.96 Å². The summed E-state index contributed by atoms with van der Waals surface area (Å²) in [4.78, 5) is 21.8. The van der Waals surface area contributed by atoms with E-state index in [9.17, 15) is 4.79 Å². The highest BCUT2D eigenvalue weighted by Crippen LogP contribution is 2.56. The van der Waals surface area contributed by atoms with Crippen LogP contribution in [-0.2, 0) is 27.5 Å². The minimum atomic E-state index is -0.477. The summed E-state index contributed by atoms with van der Waals surface area (Å²) in [5.74, 6) is 0.507. The molecule has 0 N–H and O–H groups in total. The van der Waals surface area contributed by atoms with Crippen LogP contribution >= 0.6 is 0 Å². The van der Waals surface area contributed by atoms with Crippen LogP contribution in [-0.4, -0.2) is 47.3 Å². The van der Waals surface area contributed by atoms with Crippen molar-refractivity contribution in [3.8, 4) is 0 Å². The number of esters is 1. The molecule has 0 bridgehead atoms. The third-order valence-electron chi connectivity index (χ3n) is 7.49. The zero-order valence-electron chi connectivity index (χ0n) is 18.3. The fraction of sp³-hybridized carbons (Fsp3) is 0.500. The fourth-order valence-electron chi connectivity index (χ4n) is 6.15. The van der Waals surface area contributed by atoms with Gasteiger partial charge in [-0.1, -0.05) is 60.7 Å². The van der Waals surface area contributed by atoms with Gasteiger partial charge in [-0.15, -0.1) is 0 Å². The Morgan fingerprint density at radius 2 is 1.71 bits per heavy atom. The summed E-state index contributed by atoms with van der Waals surface area (Å²) in [6.07, 6.45) is 2.71. The van der Waals surface area contributed by atoms with Crippen LogP contribution in [0, 0.1) is 11.8 Å². The van der Waals surface area contributed by atoms with Gasteiger partial charge in [-0.3, -0.25) is 9.74 Å². The summed E-state index contributed by atoms with van der Waals surface area (Å²) in [5.41, 5.74) is 2.50. The number of benzene rings is 2. The molecule has 2 aliphatic heterocycles. The van der Waals surface area contributed by atoms with Crippen molar-refractivity contribution in [2.75, 3.05) is 19.7 Å². The van der Waals surface area contributed by atoms with Gasteiger partial charge in [-0.2, -0.15) is 5.06 Å². The monoisotopic (exact) mass is 420 g/mol. The predicted octanol–water partition coefficient (Wildman–Crippen LogP) is 4.04. The first-order chi connectivity index (χ1) is 15.2. The molecule has 2 aromatic carbocycles. The van der Waals surface area contributed by atoms with Crippen molar-refractivity contribution in [3.63, 3.8) is 0 Å². The third-order valence-corrected chi connectivity index (χ3v) is 7.49. The Kier molecular flexibility index (Phi) is 5.83. The smallest absolute Gasteiger partial charge is 0.337 e. The van der Waals surface area contributed by atoms with Crippen molar-refractivity contribution < 1.29 is 14.4 Å². The Morgan fingerprint density at radius 3 is 2.39 bits per heavy atom. The first-order valence-electron chi connectivity index (χ1n) is 11.6. The Morgan fingerprint density at radius 1 is 1.03 bits per heavy atom. The molecular formula is C26H32N2O3. The average Bonchev–Trinajstić information content (AvgIpc) is 3.31. The molecule has 3 fully saturated rings. The number of ether oxygens (including phenoxy) is 1. The lowest BCUT2D eigenvalue weighted by atomic mass is 9.73. The lowest BCUT2D eigenvalue weighted by molar-refractivity contribution is -0.221. The van der Waals surface area contributed by atoms with Crippen LogP contribution in [0.15, 0.2) is 60.7 Å². The van der Waals surface area contributed by atoms with Gasteiger partial charge in [0.25, 0.3) is 0 Å². The summed E-state index contributed by atoms with van der Waals surface area (Å²) in [6.45, 7) is 6.03. The molecule has 1 aliphatic carbocycles. The Hall–Kier alpha value is -2.21. The van der Waals surface area contributed by atoms with Gasteiger partial charge in [-0.25, -0.2) is 4.79 Å². The minimum Gasteiger partial charge on any atom is -0.464 e. The topological polar surface area (TPSA) is 42.0 Å². The zero-order valence-corrected chi connectivity index (χ0v) is 18.3. The molecule has 0 unspecified atom stereocenters. The summed E-state index contributed by atoms with van der Waals surface area (Å²) >= 11 is 0. The van der Waals surface area contributed by atoms with E-state index in [-0.39, 0.29) is 17.4 Å². The maximum atomic E-state index is 12.8. The van der Waals surface area contributed by atoms with Crippen LogP contribution in [0.5, 0.6) is 0 Å². The number of hydrogen-bond donors (Lipinski definition) is 0. The highest BCUT2D eigenvalue weighted by atomic mass is 16.7. The largest absolute Gasteiger partial charge is 0.464 e. The highest BCUT2D eigenvalue weighted by molar-refractivity contribution is 5.76. The van der Waals surface area contributed by atoms with E-state index in [0.29, 0.717) is 19.1 Å². The standard InChI is InChI=1S/C26H32N2O3/c1-2-30-25(29)24-23-14-13-22-19-27(17-20-9-5-3-6-10-20)16-15-26(22,23)28(31-24)18-21-11-7-4-8-12-21/h3-12,22-24H,2,13-19H2,1H3/t22-,23-,24+,26-/m1/s1. The second kappa shape index (κ2) is 8.73. The molecule has 0 radical (unpaired) electrons. The van der Waals surface area contributed by atoms with E-state index < -0.39 is 6.10 Å². The average molecular weight is 421 g/mol. The van der Waals surface area contributed by atoms with E-state index in [1.807, 2.05) is 13.0 Å². The fourth-order valence-corrected chi connectivity index (χ4v) is 6.15. The number of hydroxylamine groups is 2. The number of piperidine rings is 1. The van der Waals surface area contributed by atoms with E-state index in [1.54, 1.807) is 0 Å². The summed E-state index contributed by atoms with van der Waals surface area (Å²) < 4.78 is 5.41. The first-order valence-corrected chi connectivity index (χ1v) is 11.6. The lowest BCUT2D eigenvalue weighted by Gasteiger charge is -2.48. The second-order valence-corrected chi connectivity index (χ2v) is 9.14. The van der Waals surface area contributed by atoms with Gasteiger partial charge < -0.3 is 4.74 Å². The van der Waals surface area contributed by atoms with Crippen molar-refractivity contribution in [2.45, 2.75) is 50.9 Å². The molecule has 4 atom stereocenters. The first kappa shape index (κ1) is 20.7. The molecule has 2 heterocycles. The normalized spacial score (nSPS) is 30.7. The zero-order chi connectivity index (χ0) is 21.3. The summed E-state index contributed by atoms with van der Waals surface area (Å²) in [6, 6.07) is 21.2. The quantitative estimate of drug-likeness (QED) is 0.660. The van der Waals surface area contributed by atoms with Crippen LogP contribution in [0.3, 0.4) is 0 Å². The van der Waals surface area contributed by atoms with Gasteiger partial charge in [0, 0.05) is 32.1 Å². The number of rotatable bonds is 6. The minimum absolute atomic E-state index is 0.0829. The molecule has 3 aliphatic rings. The van der Waals surface area contributed by atoms with E-state index in [4.69, 9.17) is 9.57 Å². The number of hydrogen-bond acceptors (Lipinski definition) is 5. The Bertz CT molecular complexity index is 890. The van der Waals surface area contributed by atoms with Gasteiger partial charge >= 0.3 is 5.97 Å². The Labute approximate surface area is 184 Å². The maximum Gasteiger partial charge on any atom is 0.337 e. The molecule has 0 amide bonds. The van der Waals surface area contributed by atoms with Crippen molar-refractivity contribution in [1.29, 1.82) is 0 Å². The molecule has 0 aromatic heterocycles. The number of likely N-dealkylation sites (tertiary alicyclic amines) is 1. The predicted molar refractivity (Wildman–Crippen MR) is 119 cm³/mol. The molecule has 164 valence electrons. The van der Waals surface area contributed by atoms with Gasteiger partial charge in [0.05, 0.1) is 12.1 Å². The van der Waals surface area contributed by atoms with Crippen LogP contribution < -0.4 is 0 Å². The van der Waals surface area contributed by atoms with Crippen molar-refractivity contribution in [2.24, 2.45) is 11.8 Å². The molecule has 31 heavy (non-hydrogen) atoms. The van der Waals surface area contributed by atoms with Gasteiger partial charge in [-0.05, 0) is 43.2 Å². The third kappa shape index (κ3) is 3.79. The number of carbonyl (C=O) groups excluding carboxylic acids is 1. The molecule has 5 nitrogen and oxygen atoms in total. The van der Waals surface area contributed by atoms with Gasteiger partial charge in [0.15, 0.2) is 6.10 Å². The van der Waals surface area contributed by atoms with E-state index in [2.05, 4.69) is 64.6 Å². The SMILES string of the molecule is CCOC(=O)[C@H]1ON(Cc2ccccc2)[C@]23CCN(Cc4ccccc4)C[C@H]2CC[C@H]13. The summed E-state index contributed by atoms with van der Waals surface area (Å²) in [5, 5.41) is 2.17. The molecule has 5 rings (SSSR count). The second-order valence-electron chi connectivity index (χ2n) is 9.14. The Balaban J connectivity index is 1.39. The van der Waals surface area contributed by atoms with E-state index in [0.717, 1.165) is 38.9 Å². The molecule has 2 aromatic rings. The number of nitrogens with zero attached hydrogens (tertiary/aromatic N) is 2. The summed E-state index contributed by atoms with van der Waals surface area (Å²) in [7, 11) is 0.